The van der Waals surface area contributed by atoms with Gasteiger partial charge < -0.3 is 9.64 Å². The van der Waals surface area contributed by atoms with Crippen molar-refractivity contribution in [1.82, 2.24) is 5.32 Å². The molecular weight excluding hydrogens is 753 g/mol. The Morgan fingerprint density at radius 2 is 1.27 bits per heavy atom. The molecule has 62 heavy (non-hydrogen) atoms. The number of nitrogens with one attached hydrogen (secondary N) is 1. The highest BCUT2D eigenvalue weighted by Crippen LogP contribution is 2.65. The van der Waals surface area contributed by atoms with Crippen molar-refractivity contribution in [3.05, 3.63) is 257 Å². The number of fused-ring (bicyclic) bond motifs is 9. The first-order valence-corrected chi connectivity index (χ1v) is 22.3. The van der Waals surface area contributed by atoms with E-state index in [1.54, 1.807) is 0 Å². The maximum atomic E-state index is 7.04. The van der Waals surface area contributed by atoms with E-state index in [4.69, 9.17) is 4.74 Å². The Labute approximate surface area is 365 Å². The van der Waals surface area contributed by atoms with E-state index in [0.717, 1.165) is 29.0 Å². The molecule has 2 heterocycles. The summed E-state index contributed by atoms with van der Waals surface area (Å²) in [5.74, 6) is 2.85. The quantitative estimate of drug-likeness (QED) is 0.181. The zero-order valence-electron chi connectivity index (χ0n) is 34.8. The molecule has 1 spiro atoms. The molecule has 300 valence electrons. The van der Waals surface area contributed by atoms with Crippen LogP contribution in [0.25, 0.3) is 22.3 Å². The van der Waals surface area contributed by atoms with Crippen LogP contribution in [0.5, 0.6) is 11.5 Å². The van der Waals surface area contributed by atoms with Crippen LogP contribution in [0, 0.1) is 5.92 Å². The van der Waals surface area contributed by atoms with E-state index in [1.807, 2.05) is 0 Å². The number of ether oxygens (including phenoxy) is 1. The van der Waals surface area contributed by atoms with Crippen molar-refractivity contribution in [1.29, 1.82) is 0 Å². The predicted octanol–water partition coefficient (Wildman–Crippen LogP) is 14.1. The smallest absolute Gasteiger partial charge is 0.139 e. The molecule has 3 heteroatoms. The Morgan fingerprint density at radius 3 is 2.11 bits per heavy atom. The van der Waals surface area contributed by atoms with Gasteiger partial charge in [-0.25, -0.2) is 0 Å². The zero-order chi connectivity index (χ0) is 41.2. The van der Waals surface area contributed by atoms with Gasteiger partial charge in [0.05, 0.1) is 11.5 Å². The van der Waals surface area contributed by atoms with E-state index in [-0.39, 0.29) is 29.6 Å². The minimum atomic E-state index is -0.371. The maximum absolute atomic E-state index is 7.04. The van der Waals surface area contributed by atoms with Gasteiger partial charge >= 0.3 is 0 Å². The van der Waals surface area contributed by atoms with Crippen molar-refractivity contribution in [3.8, 4) is 33.8 Å². The highest BCUT2D eigenvalue weighted by atomic mass is 16.5. The third-order valence-corrected chi connectivity index (χ3v) is 14.4. The summed E-state index contributed by atoms with van der Waals surface area (Å²) < 4.78 is 7.04. The van der Waals surface area contributed by atoms with E-state index in [2.05, 4.69) is 236 Å². The second-order valence-corrected chi connectivity index (χ2v) is 17.6. The number of nitrogens with zero attached hydrogens (tertiary/aromatic N) is 1. The first kappa shape index (κ1) is 36.9. The lowest BCUT2D eigenvalue weighted by atomic mass is 9.61. The monoisotopic (exact) mass is 800 g/mol. The number of hydrogen-bond donors (Lipinski definition) is 1. The summed E-state index contributed by atoms with van der Waals surface area (Å²) in [7, 11) is 0. The van der Waals surface area contributed by atoms with Crippen molar-refractivity contribution in [2.24, 2.45) is 5.92 Å². The van der Waals surface area contributed by atoms with Crippen LogP contribution in [0.4, 0.5) is 5.69 Å². The molecule has 1 saturated heterocycles. The zero-order valence-corrected chi connectivity index (χ0v) is 34.8. The number of anilines is 1. The van der Waals surface area contributed by atoms with Gasteiger partial charge in [0.25, 0.3) is 0 Å². The Balaban J connectivity index is 0.919. The third-order valence-electron chi connectivity index (χ3n) is 14.4. The Bertz CT molecular complexity index is 2940. The predicted molar refractivity (Wildman–Crippen MR) is 254 cm³/mol. The van der Waals surface area contributed by atoms with Crippen molar-refractivity contribution in [2.45, 2.75) is 48.8 Å². The molecule has 7 aromatic carbocycles. The molecule has 1 fully saturated rings. The lowest BCUT2D eigenvalue weighted by Crippen LogP contribution is -2.37. The molecule has 0 saturated carbocycles. The molecule has 0 aromatic heterocycles. The highest BCUT2D eigenvalue weighted by molar-refractivity contribution is 5.79. The van der Waals surface area contributed by atoms with E-state index in [9.17, 15) is 0 Å². The van der Waals surface area contributed by atoms with Crippen molar-refractivity contribution < 1.29 is 4.74 Å². The van der Waals surface area contributed by atoms with Crippen LogP contribution in [0.1, 0.15) is 76.3 Å². The second kappa shape index (κ2) is 14.9. The Morgan fingerprint density at radius 1 is 0.565 bits per heavy atom. The number of rotatable bonds is 6. The van der Waals surface area contributed by atoms with Gasteiger partial charge in [0.1, 0.15) is 17.7 Å². The average molecular weight is 801 g/mol. The van der Waals surface area contributed by atoms with Gasteiger partial charge in [-0.15, -0.1) is 0 Å². The van der Waals surface area contributed by atoms with Gasteiger partial charge in [0.2, 0.25) is 0 Å². The van der Waals surface area contributed by atoms with Crippen LogP contribution in [0.3, 0.4) is 0 Å². The summed E-state index contributed by atoms with van der Waals surface area (Å²) in [4.78, 5) is 2.59. The van der Waals surface area contributed by atoms with Gasteiger partial charge in [-0.05, 0) is 82.1 Å². The summed E-state index contributed by atoms with van der Waals surface area (Å²) in [5.41, 5.74) is 14.7. The molecule has 3 aliphatic carbocycles. The fourth-order valence-electron chi connectivity index (χ4n) is 11.5. The molecule has 7 aromatic rings. The molecule has 7 unspecified atom stereocenters. The van der Waals surface area contributed by atoms with E-state index in [0.29, 0.717) is 11.8 Å². The van der Waals surface area contributed by atoms with Crippen molar-refractivity contribution in [3.63, 3.8) is 0 Å². The minimum absolute atomic E-state index is 0.0192. The Hall–Kier alpha value is -6.94. The van der Waals surface area contributed by atoms with Gasteiger partial charge in [-0.2, -0.15) is 0 Å². The topological polar surface area (TPSA) is 24.5 Å². The van der Waals surface area contributed by atoms with Crippen LogP contribution >= 0.6 is 0 Å². The van der Waals surface area contributed by atoms with Crippen molar-refractivity contribution >= 4 is 5.69 Å². The molecular formula is C59H48N2O. The third kappa shape index (κ3) is 5.76. The highest BCUT2D eigenvalue weighted by Gasteiger charge is 2.56. The average Bonchev–Trinajstić information content (AvgIpc) is 3.85. The molecule has 0 bridgehead atoms. The molecule has 0 amide bonds. The summed E-state index contributed by atoms with van der Waals surface area (Å²) in [6.07, 6.45) is 19.2. The number of allylic oxidation sites excluding steroid dienone is 8. The molecule has 1 N–H and O–H groups in total. The van der Waals surface area contributed by atoms with Crippen LogP contribution in [-0.2, 0) is 5.41 Å². The van der Waals surface area contributed by atoms with Crippen LogP contribution in [-0.4, -0.2) is 6.04 Å². The maximum Gasteiger partial charge on any atom is 0.139 e. The van der Waals surface area contributed by atoms with E-state index < -0.39 is 0 Å². The van der Waals surface area contributed by atoms with Crippen LogP contribution in [0.2, 0.25) is 0 Å². The lowest BCUT2D eigenvalue weighted by Gasteiger charge is -2.43. The minimum Gasteiger partial charge on any atom is -0.456 e. The van der Waals surface area contributed by atoms with Crippen molar-refractivity contribution in [2.75, 3.05) is 4.90 Å². The first-order valence-electron chi connectivity index (χ1n) is 22.3. The summed E-state index contributed by atoms with van der Waals surface area (Å²) >= 11 is 0. The fourth-order valence-corrected chi connectivity index (χ4v) is 11.5. The molecule has 7 atom stereocenters. The van der Waals surface area contributed by atoms with E-state index in [1.165, 1.54) is 55.8 Å². The molecule has 3 nitrogen and oxygen atoms in total. The molecule has 0 radical (unpaired) electrons. The molecule has 12 rings (SSSR count). The summed E-state index contributed by atoms with van der Waals surface area (Å²) in [5, 5.41) is 4.14. The fraction of sp³-hybridized carbons (Fsp3) is 0.153. The standard InChI is InChI=1S/C59H48N2O/c1-39-56(60-58(46-21-14-20-45(38-46)41-18-6-3-7-19-41)61(39)47-36-34-42(35-37-47)40-16-4-2-5-17-40)44-32-30-43(31-33-44)48-24-15-28-54-57(48)62-55-29-13-12-27-53(55)59(54)51-25-10-8-22-49(51)50-23-9-11-26-52(50)59/h2-16,18-40,49,51,56,58,60H,17H2,1H3. The lowest BCUT2D eigenvalue weighted by molar-refractivity contribution is 0.375. The van der Waals surface area contributed by atoms with Gasteiger partial charge in [-0.3, -0.25) is 5.32 Å². The molecule has 5 aliphatic rings. The summed E-state index contributed by atoms with van der Waals surface area (Å²) in [6, 6.07) is 63.2. The largest absolute Gasteiger partial charge is 0.456 e. The van der Waals surface area contributed by atoms with Crippen LogP contribution in [0.15, 0.2) is 218 Å². The number of benzene rings is 7. The number of para-hydroxylation sites is 2. The normalized spacial score (nSPS) is 25.0. The first-order chi connectivity index (χ1) is 30.7. The van der Waals surface area contributed by atoms with Crippen LogP contribution < -0.4 is 15.0 Å². The SMILES string of the molecule is CC1C(c2ccc(-c3cccc4c3Oc3ccccc3C43c4ccccc4C4C=CC=CC43)cc2)NC(c2cccc(-c3ccccc3)c2)N1c1ccc(C2C=CC=CC2)cc1. The van der Waals surface area contributed by atoms with Gasteiger partial charge in [0, 0.05) is 46.2 Å². The van der Waals surface area contributed by atoms with Gasteiger partial charge in [-0.1, -0.05) is 194 Å². The molecule has 2 aliphatic heterocycles. The Kier molecular flexibility index (Phi) is 8.86. The van der Waals surface area contributed by atoms with E-state index >= 15 is 0 Å². The second-order valence-electron chi connectivity index (χ2n) is 17.6. The van der Waals surface area contributed by atoms with Gasteiger partial charge in [0.15, 0.2) is 0 Å². The summed E-state index contributed by atoms with van der Waals surface area (Å²) in [6.45, 7) is 2.37. The number of hydrogen-bond acceptors (Lipinski definition) is 3.